The highest BCUT2D eigenvalue weighted by Gasteiger charge is 2.07. The summed E-state index contributed by atoms with van der Waals surface area (Å²) in [6, 6.07) is 16.3. The molecule has 0 spiro atoms. The molecule has 4 rings (SSSR count). The largest absolute Gasteiger partial charge is 0.330 e. The Balaban J connectivity index is 0.00000256. The van der Waals surface area contributed by atoms with Gasteiger partial charge in [0, 0.05) is 37.3 Å². The second-order valence-corrected chi connectivity index (χ2v) is 6.97. The van der Waals surface area contributed by atoms with Gasteiger partial charge < -0.3 is 4.57 Å². The number of rotatable bonds is 5. The predicted molar refractivity (Wildman–Crippen MR) is 117 cm³/mol. The Morgan fingerprint density at radius 2 is 1.77 bits per heavy atom. The Morgan fingerprint density at radius 1 is 1.00 bits per heavy atom. The third-order valence-electron chi connectivity index (χ3n) is 4.53. The first-order chi connectivity index (χ1) is 14.1. The number of nitriles is 1. The van der Waals surface area contributed by atoms with Crippen LogP contribution >= 0.6 is 24.0 Å². The van der Waals surface area contributed by atoms with Crippen LogP contribution in [-0.2, 0) is 13.0 Å². The zero-order chi connectivity index (χ0) is 20.2. The summed E-state index contributed by atoms with van der Waals surface area (Å²) in [5.41, 5.74) is 2.53. The van der Waals surface area contributed by atoms with E-state index < -0.39 is 0 Å². The van der Waals surface area contributed by atoms with E-state index >= 15 is 0 Å². The quantitative estimate of drug-likeness (QED) is 0.472. The van der Waals surface area contributed by atoms with Crippen molar-refractivity contribution in [1.82, 2.24) is 19.1 Å². The highest BCUT2D eigenvalue weighted by atomic mass is 35.5. The first-order valence-corrected chi connectivity index (χ1v) is 9.33. The van der Waals surface area contributed by atoms with Gasteiger partial charge in [-0.15, -0.1) is 12.4 Å². The van der Waals surface area contributed by atoms with Crippen molar-refractivity contribution in [2.24, 2.45) is 0 Å². The molecule has 30 heavy (non-hydrogen) atoms. The standard InChI is InChI=1S/C22H16ClN5O.ClH/c23-19-6-8-22(29)28(15-19)20-7-5-18(13-26-20)14-27-10-9-25-21(27)11-16-1-3-17(12-24)4-2-16;/h1-10,13,15H,11,14H2;1H. The van der Waals surface area contributed by atoms with E-state index in [2.05, 4.69) is 20.6 Å². The lowest BCUT2D eigenvalue weighted by atomic mass is 10.1. The monoisotopic (exact) mass is 437 g/mol. The number of nitrogens with zero attached hydrogens (tertiary/aromatic N) is 5. The van der Waals surface area contributed by atoms with Gasteiger partial charge in [-0.1, -0.05) is 29.8 Å². The van der Waals surface area contributed by atoms with Crippen LogP contribution in [0.15, 0.2) is 78.1 Å². The molecule has 150 valence electrons. The normalized spacial score (nSPS) is 10.3. The van der Waals surface area contributed by atoms with Crippen molar-refractivity contribution < 1.29 is 0 Å². The van der Waals surface area contributed by atoms with E-state index in [0.29, 0.717) is 29.4 Å². The molecule has 3 heterocycles. The number of pyridine rings is 2. The molecule has 6 nitrogen and oxygen atoms in total. The fraction of sp³-hybridized carbons (Fsp3) is 0.0909. The summed E-state index contributed by atoms with van der Waals surface area (Å²) in [7, 11) is 0. The number of imidazole rings is 1. The first-order valence-electron chi connectivity index (χ1n) is 8.95. The van der Waals surface area contributed by atoms with Crippen LogP contribution < -0.4 is 5.56 Å². The lowest BCUT2D eigenvalue weighted by molar-refractivity contribution is 0.737. The van der Waals surface area contributed by atoms with Crippen molar-refractivity contribution in [2.75, 3.05) is 0 Å². The predicted octanol–water partition coefficient (Wildman–Crippen LogP) is 4.01. The molecular formula is C22H17Cl2N5O. The smallest absolute Gasteiger partial charge is 0.256 e. The third-order valence-corrected chi connectivity index (χ3v) is 4.75. The molecule has 4 aromatic rings. The Kier molecular flexibility index (Phi) is 6.68. The number of aromatic nitrogens is 4. The van der Waals surface area contributed by atoms with Gasteiger partial charge in [0.1, 0.15) is 11.6 Å². The van der Waals surface area contributed by atoms with E-state index in [1.54, 1.807) is 30.7 Å². The number of benzene rings is 1. The van der Waals surface area contributed by atoms with Crippen molar-refractivity contribution in [3.63, 3.8) is 0 Å². The Labute approximate surface area is 184 Å². The van der Waals surface area contributed by atoms with Crippen LogP contribution in [0, 0.1) is 11.3 Å². The molecule has 0 bridgehead atoms. The van der Waals surface area contributed by atoms with Crippen molar-refractivity contribution in [3.05, 3.63) is 111 Å². The number of halogens is 2. The number of hydrogen-bond donors (Lipinski definition) is 0. The summed E-state index contributed by atoms with van der Waals surface area (Å²) >= 11 is 5.98. The molecule has 0 saturated carbocycles. The maximum Gasteiger partial charge on any atom is 0.256 e. The second kappa shape index (κ2) is 9.40. The summed E-state index contributed by atoms with van der Waals surface area (Å²) in [4.78, 5) is 20.9. The third kappa shape index (κ3) is 4.77. The van der Waals surface area contributed by atoms with Crippen LogP contribution in [0.5, 0.6) is 0 Å². The molecule has 0 aliphatic heterocycles. The average Bonchev–Trinajstić information content (AvgIpc) is 3.17. The molecular weight excluding hydrogens is 421 g/mol. The van der Waals surface area contributed by atoms with Gasteiger partial charge in [-0.05, 0) is 35.4 Å². The molecule has 0 N–H and O–H groups in total. The summed E-state index contributed by atoms with van der Waals surface area (Å²) in [6.45, 7) is 0.614. The van der Waals surface area contributed by atoms with Gasteiger partial charge in [-0.25, -0.2) is 9.97 Å². The second-order valence-electron chi connectivity index (χ2n) is 6.54. The average molecular weight is 438 g/mol. The molecule has 0 radical (unpaired) electrons. The Morgan fingerprint density at radius 3 is 2.47 bits per heavy atom. The van der Waals surface area contributed by atoms with Crippen LogP contribution in [0.2, 0.25) is 5.02 Å². The number of hydrogen-bond acceptors (Lipinski definition) is 4. The van der Waals surface area contributed by atoms with E-state index in [0.717, 1.165) is 17.0 Å². The minimum Gasteiger partial charge on any atom is -0.330 e. The molecule has 0 amide bonds. The van der Waals surface area contributed by atoms with Gasteiger partial charge >= 0.3 is 0 Å². The van der Waals surface area contributed by atoms with E-state index in [-0.39, 0.29) is 18.0 Å². The minimum atomic E-state index is -0.186. The minimum absolute atomic E-state index is 0. The zero-order valence-electron chi connectivity index (χ0n) is 15.8. The van der Waals surface area contributed by atoms with Crippen LogP contribution in [0.25, 0.3) is 5.82 Å². The van der Waals surface area contributed by atoms with Crippen molar-refractivity contribution >= 4 is 24.0 Å². The van der Waals surface area contributed by atoms with Crippen LogP contribution in [0.3, 0.4) is 0 Å². The molecule has 1 aromatic carbocycles. The fourth-order valence-electron chi connectivity index (χ4n) is 3.02. The van der Waals surface area contributed by atoms with E-state index in [1.807, 2.05) is 36.5 Å². The molecule has 0 fully saturated rings. The lowest BCUT2D eigenvalue weighted by Gasteiger charge is -2.10. The summed E-state index contributed by atoms with van der Waals surface area (Å²) in [5, 5.41) is 9.39. The SMILES string of the molecule is Cl.N#Cc1ccc(Cc2nccn2Cc2ccc(-n3cc(Cl)ccc3=O)nc2)cc1. The molecule has 0 saturated heterocycles. The molecule has 0 aliphatic carbocycles. The Hall–Kier alpha value is -3.40. The fourth-order valence-corrected chi connectivity index (χ4v) is 3.18. The highest BCUT2D eigenvalue weighted by molar-refractivity contribution is 6.30. The van der Waals surface area contributed by atoms with Gasteiger partial charge in [0.2, 0.25) is 0 Å². The van der Waals surface area contributed by atoms with Gasteiger partial charge in [-0.2, -0.15) is 5.26 Å². The molecule has 0 unspecified atom stereocenters. The first kappa shape index (κ1) is 21.3. The Bertz CT molecular complexity index is 1240. The molecule has 8 heteroatoms. The lowest BCUT2D eigenvalue weighted by Crippen LogP contribution is -2.17. The van der Waals surface area contributed by atoms with Gasteiger partial charge in [0.15, 0.2) is 0 Å². The summed E-state index contributed by atoms with van der Waals surface area (Å²) in [5.74, 6) is 1.44. The van der Waals surface area contributed by atoms with Crippen LogP contribution in [0.1, 0.15) is 22.5 Å². The van der Waals surface area contributed by atoms with Crippen molar-refractivity contribution in [2.45, 2.75) is 13.0 Å². The van der Waals surface area contributed by atoms with Gasteiger partial charge in [-0.3, -0.25) is 9.36 Å². The van der Waals surface area contributed by atoms with Gasteiger partial charge in [0.05, 0.1) is 23.2 Å². The zero-order valence-corrected chi connectivity index (χ0v) is 17.3. The van der Waals surface area contributed by atoms with Crippen molar-refractivity contribution in [3.8, 4) is 11.9 Å². The maximum absolute atomic E-state index is 12.0. The summed E-state index contributed by atoms with van der Waals surface area (Å²) < 4.78 is 3.47. The molecule has 0 atom stereocenters. The van der Waals surface area contributed by atoms with E-state index in [4.69, 9.17) is 16.9 Å². The van der Waals surface area contributed by atoms with E-state index in [1.165, 1.54) is 10.6 Å². The van der Waals surface area contributed by atoms with Crippen LogP contribution in [0.4, 0.5) is 0 Å². The van der Waals surface area contributed by atoms with Gasteiger partial charge in [0.25, 0.3) is 5.56 Å². The highest BCUT2D eigenvalue weighted by Crippen LogP contribution is 2.13. The maximum atomic E-state index is 12.0. The van der Waals surface area contributed by atoms with Crippen LogP contribution in [-0.4, -0.2) is 19.1 Å². The summed E-state index contributed by atoms with van der Waals surface area (Å²) in [6.07, 6.45) is 7.66. The topological polar surface area (TPSA) is 76.5 Å². The van der Waals surface area contributed by atoms with E-state index in [9.17, 15) is 4.79 Å². The molecule has 0 aliphatic rings. The van der Waals surface area contributed by atoms with Crippen molar-refractivity contribution in [1.29, 1.82) is 5.26 Å². The molecule has 3 aromatic heterocycles.